The predicted octanol–water partition coefficient (Wildman–Crippen LogP) is 2.55. The third-order valence-corrected chi connectivity index (χ3v) is 3.13. The molecule has 7 heteroatoms. The summed E-state index contributed by atoms with van der Waals surface area (Å²) in [5.74, 6) is -0.732. The lowest BCUT2D eigenvalue weighted by molar-refractivity contribution is 0.0690. The van der Waals surface area contributed by atoms with Gasteiger partial charge in [0.1, 0.15) is 5.65 Å². The summed E-state index contributed by atoms with van der Waals surface area (Å²) >= 11 is 0. The SMILES string of the molecule is CC(C)n1cc(Nc2nc3ccccn3c2C(=O)O)cn1. The highest BCUT2D eigenvalue weighted by atomic mass is 16.4. The summed E-state index contributed by atoms with van der Waals surface area (Å²) in [5, 5.41) is 16.6. The van der Waals surface area contributed by atoms with E-state index in [4.69, 9.17) is 0 Å². The molecule has 0 fully saturated rings. The minimum Gasteiger partial charge on any atom is -0.476 e. The standard InChI is InChI=1S/C14H15N5O2/c1-9(2)19-8-10(7-15-19)16-13-12(14(20)21)18-6-4-3-5-11(18)17-13/h3-9,16H,1-2H3,(H,20,21). The molecule has 0 saturated carbocycles. The Labute approximate surface area is 120 Å². The highest BCUT2D eigenvalue weighted by Gasteiger charge is 2.18. The van der Waals surface area contributed by atoms with E-state index in [1.165, 1.54) is 4.40 Å². The molecule has 0 saturated heterocycles. The van der Waals surface area contributed by atoms with E-state index >= 15 is 0 Å². The van der Waals surface area contributed by atoms with Crippen LogP contribution in [0.2, 0.25) is 0 Å². The number of aromatic nitrogens is 4. The van der Waals surface area contributed by atoms with E-state index < -0.39 is 5.97 Å². The number of hydrogen-bond donors (Lipinski definition) is 2. The molecule has 0 aliphatic carbocycles. The molecule has 3 heterocycles. The fraction of sp³-hybridized carbons (Fsp3) is 0.214. The maximum atomic E-state index is 11.5. The smallest absolute Gasteiger partial charge is 0.356 e. The first-order valence-electron chi connectivity index (χ1n) is 6.58. The predicted molar refractivity (Wildman–Crippen MR) is 78.0 cm³/mol. The second-order valence-electron chi connectivity index (χ2n) is 4.97. The van der Waals surface area contributed by atoms with Crippen molar-refractivity contribution in [1.82, 2.24) is 19.2 Å². The molecule has 2 N–H and O–H groups in total. The van der Waals surface area contributed by atoms with Crippen molar-refractivity contribution >= 4 is 23.1 Å². The second kappa shape index (κ2) is 4.93. The summed E-state index contributed by atoms with van der Waals surface area (Å²) in [6, 6.07) is 5.58. The van der Waals surface area contributed by atoms with E-state index in [2.05, 4.69) is 15.4 Å². The lowest BCUT2D eigenvalue weighted by Gasteiger charge is -2.04. The number of carboxylic acid groups (broad SMARTS) is 1. The molecule has 0 aromatic carbocycles. The van der Waals surface area contributed by atoms with Crippen LogP contribution in [0.3, 0.4) is 0 Å². The molecule has 0 amide bonds. The molecule has 3 aromatic rings. The number of nitrogens with zero attached hydrogens (tertiary/aromatic N) is 4. The number of aromatic carboxylic acids is 1. The molecule has 0 atom stereocenters. The van der Waals surface area contributed by atoms with Crippen LogP contribution in [0.1, 0.15) is 30.4 Å². The molecule has 108 valence electrons. The molecule has 3 rings (SSSR count). The number of imidazole rings is 1. The van der Waals surface area contributed by atoms with Gasteiger partial charge in [0.25, 0.3) is 0 Å². The minimum absolute atomic E-state index is 0.0999. The molecular formula is C14H15N5O2. The van der Waals surface area contributed by atoms with E-state index in [-0.39, 0.29) is 11.7 Å². The van der Waals surface area contributed by atoms with Crippen molar-refractivity contribution in [3.8, 4) is 0 Å². The Morgan fingerprint density at radius 2 is 2.19 bits per heavy atom. The van der Waals surface area contributed by atoms with Gasteiger partial charge in [0.15, 0.2) is 11.5 Å². The average molecular weight is 285 g/mol. The van der Waals surface area contributed by atoms with E-state index in [1.807, 2.05) is 26.1 Å². The molecule has 0 radical (unpaired) electrons. The van der Waals surface area contributed by atoms with Crippen molar-refractivity contribution in [3.05, 3.63) is 42.5 Å². The number of rotatable bonds is 4. The van der Waals surface area contributed by atoms with Gasteiger partial charge in [-0.2, -0.15) is 5.10 Å². The molecule has 0 aliphatic rings. The summed E-state index contributed by atoms with van der Waals surface area (Å²) in [6.45, 7) is 4.04. The average Bonchev–Trinajstić information content (AvgIpc) is 3.02. The van der Waals surface area contributed by atoms with Crippen molar-refractivity contribution in [1.29, 1.82) is 0 Å². The highest BCUT2D eigenvalue weighted by molar-refractivity contribution is 5.93. The molecule has 3 aromatic heterocycles. The van der Waals surface area contributed by atoms with Crippen LogP contribution in [-0.4, -0.2) is 30.2 Å². The Morgan fingerprint density at radius 3 is 2.86 bits per heavy atom. The summed E-state index contributed by atoms with van der Waals surface area (Å²) in [4.78, 5) is 15.8. The Hall–Kier alpha value is -2.83. The number of pyridine rings is 1. The van der Waals surface area contributed by atoms with E-state index in [1.54, 1.807) is 29.2 Å². The van der Waals surface area contributed by atoms with Crippen LogP contribution in [0.4, 0.5) is 11.5 Å². The second-order valence-corrected chi connectivity index (χ2v) is 4.97. The molecule has 0 unspecified atom stereocenters. The van der Waals surface area contributed by atoms with Gasteiger partial charge >= 0.3 is 5.97 Å². The first-order chi connectivity index (χ1) is 10.1. The van der Waals surface area contributed by atoms with E-state index in [0.717, 1.165) is 0 Å². The van der Waals surface area contributed by atoms with Gasteiger partial charge in [0.05, 0.1) is 11.9 Å². The van der Waals surface area contributed by atoms with Crippen molar-refractivity contribution in [2.24, 2.45) is 0 Å². The van der Waals surface area contributed by atoms with Crippen molar-refractivity contribution in [3.63, 3.8) is 0 Å². The van der Waals surface area contributed by atoms with E-state index in [0.29, 0.717) is 17.2 Å². The maximum absolute atomic E-state index is 11.5. The summed E-state index contributed by atoms with van der Waals surface area (Å²) < 4.78 is 3.33. The number of nitrogens with one attached hydrogen (secondary N) is 1. The van der Waals surface area contributed by atoms with Crippen LogP contribution in [0, 0.1) is 0 Å². The third kappa shape index (κ3) is 2.33. The number of hydrogen-bond acceptors (Lipinski definition) is 4. The summed E-state index contributed by atoms with van der Waals surface area (Å²) in [5.41, 5.74) is 1.38. The fourth-order valence-electron chi connectivity index (χ4n) is 2.11. The normalized spacial score (nSPS) is 11.2. The Balaban J connectivity index is 2.03. The van der Waals surface area contributed by atoms with Crippen LogP contribution >= 0.6 is 0 Å². The van der Waals surface area contributed by atoms with Crippen LogP contribution in [0.25, 0.3) is 5.65 Å². The Morgan fingerprint density at radius 1 is 1.38 bits per heavy atom. The first kappa shape index (κ1) is 13.2. The Bertz CT molecular complexity index is 803. The number of anilines is 2. The summed E-state index contributed by atoms with van der Waals surface area (Å²) in [6.07, 6.45) is 5.14. The minimum atomic E-state index is -1.03. The van der Waals surface area contributed by atoms with Gasteiger partial charge in [0.2, 0.25) is 0 Å². The zero-order chi connectivity index (χ0) is 15.0. The van der Waals surface area contributed by atoms with Crippen molar-refractivity contribution in [2.45, 2.75) is 19.9 Å². The third-order valence-electron chi connectivity index (χ3n) is 3.13. The van der Waals surface area contributed by atoms with Crippen LogP contribution < -0.4 is 5.32 Å². The number of carboxylic acids is 1. The van der Waals surface area contributed by atoms with Crippen LogP contribution in [0.5, 0.6) is 0 Å². The molecule has 0 aliphatic heterocycles. The quantitative estimate of drug-likeness (QED) is 0.769. The van der Waals surface area contributed by atoms with Crippen LogP contribution in [0.15, 0.2) is 36.8 Å². The Kier molecular flexibility index (Phi) is 3.09. The van der Waals surface area contributed by atoms with Gasteiger partial charge in [0, 0.05) is 18.4 Å². The fourth-order valence-corrected chi connectivity index (χ4v) is 2.11. The topological polar surface area (TPSA) is 84.5 Å². The summed E-state index contributed by atoms with van der Waals surface area (Å²) in [7, 11) is 0. The zero-order valence-electron chi connectivity index (χ0n) is 11.7. The molecular weight excluding hydrogens is 270 g/mol. The maximum Gasteiger partial charge on any atom is 0.356 e. The zero-order valence-corrected chi connectivity index (χ0v) is 11.7. The highest BCUT2D eigenvalue weighted by Crippen LogP contribution is 2.22. The lowest BCUT2D eigenvalue weighted by atomic mass is 10.4. The first-order valence-corrected chi connectivity index (χ1v) is 6.58. The molecule has 0 bridgehead atoms. The van der Waals surface area contributed by atoms with Crippen LogP contribution in [-0.2, 0) is 0 Å². The van der Waals surface area contributed by atoms with Gasteiger partial charge in [-0.05, 0) is 26.0 Å². The van der Waals surface area contributed by atoms with Gasteiger partial charge in [-0.15, -0.1) is 0 Å². The molecule has 21 heavy (non-hydrogen) atoms. The largest absolute Gasteiger partial charge is 0.476 e. The van der Waals surface area contributed by atoms with E-state index in [9.17, 15) is 9.90 Å². The van der Waals surface area contributed by atoms with Gasteiger partial charge in [-0.25, -0.2) is 9.78 Å². The van der Waals surface area contributed by atoms with Gasteiger partial charge in [-0.1, -0.05) is 6.07 Å². The number of carbonyl (C=O) groups is 1. The van der Waals surface area contributed by atoms with Gasteiger partial charge in [-0.3, -0.25) is 9.08 Å². The van der Waals surface area contributed by atoms with Gasteiger partial charge < -0.3 is 10.4 Å². The molecule has 7 nitrogen and oxygen atoms in total. The monoisotopic (exact) mass is 285 g/mol. The van der Waals surface area contributed by atoms with Crippen molar-refractivity contribution in [2.75, 3.05) is 5.32 Å². The number of fused-ring (bicyclic) bond motifs is 1. The molecule has 0 spiro atoms. The lowest BCUT2D eigenvalue weighted by Crippen LogP contribution is -2.05. The van der Waals surface area contributed by atoms with Crippen molar-refractivity contribution < 1.29 is 9.90 Å².